The zero-order chi connectivity index (χ0) is 15.7. The third-order valence-corrected chi connectivity index (χ3v) is 4.67. The summed E-state index contributed by atoms with van der Waals surface area (Å²) in [6.07, 6.45) is 5.20. The zero-order valence-corrected chi connectivity index (χ0v) is 14.2. The summed E-state index contributed by atoms with van der Waals surface area (Å²) in [6, 6.07) is 3.89. The number of pyridine rings is 2. The second-order valence-corrected chi connectivity index (χ2v) is 6.75. The molecule has 2 aliphatic heterocycles. The topological polar surface area (TPSA) is 65.5 Å². The van der Waals surface area contributed by atoms with Gasteiger partial charge in [0, 0.05) is 36.3 Å². The Morgan fingerprint density at radius 2 is 2.17 bits per heavy atom. The van der Waals surface area contributed by atoms with Crippen LogP contribution in [0.3, 0.4) is 0 Å². The summed E-state index contributed by atoms with van der Waals surface area (Å²) in [7, 11) is 0. The van der Waals surface area contributed by atoms with Crippen LogP contribution >= 0.6 is 15.9 Å². The van der Waals surface area contributed by atoms with Gasteiger partial charge in [-0.3, -0.25) is 9.97 Å². The summed E-state index contributed by atoms with van der Waals surface area (Å²) in [5, 5.41) is 3.42. The number of hydrogen-bond acceptors (Lipinski definition) is 6. The second kappa shape index (κ2) is 6.32. The molecule has 2 aliphatic rings. The normalized spacial score (nSPS) is 23.4. The van der Waals surface area contributed by atoms with Crippen molar-refractivity contribution in [3.05, 3.63) is 29.0 Å². The Morgan fingerprint density at radius 3 is 3.04 bits per heavy atom. The molecule has 7 heteroatoms. The first-order valence-electron chi connectivity index (χ1n) is 7.78. The monoisotopic (exact) mass is 379 g/mol. The van der Waals surface area contributed by atoms with Crippen molar-refractivity contribution in [2.45, 2.75) is 24.7 Å². The van der Waals surface area contributed by atoms with Crippen LogP contribution < -0.4 is 5.32 Å². The molecule has 23 heavy (non-hydrogen) atoms. The molecule has 0 aliphatic carbocycles. The lowest BCUT2D eigenvalue weighted by molar-refractivity contribution is -0.209. The van der Waals surface area contributed by atoms with Crippen LogP contribution in [0, 0.1) is 0 Å². The molecule has 2 fully saturated rings. The van der Waals surface area contributed by atoms with E-state index >= 15 is 0 Å². The number of anilines is 1. The largest absolute Gasteiger partial charge is 0.381 e. The van der Waals surface area contributed by atoms with Crippen molar-refractivity contribution >= 4 is 32.7 Å². The van der Waals surface area contributed by atoms with Gasteiger partial charge in [0.15, 0.2) is 5.79 Å². The highest BCUT2D eigenvalue weighted by Gasteiger charge is 2.42. The number of rotatable bonds is 3. The third-order valence-electron chi connectivity index (χ3n) is 4.23. The highest BCUT2D eigenvalue weighted by molar-refractivity contribution is 9.10. The van der Waals surface area contributed by atoms with Crippen molar-refractivity contribution in [1.29, 1.82) is 0 Å². The summed E-state index contributed by atoms with van der Waals surface area (Å²) in [5.41, 5.74) is 2.67. The molecule has 122 valence electrons. The number of hydrogen-bond donors (Lipinski definition) is 1. The minimum Gasteiger partial charge on any atom is -0.381 e. The van der Waals surface area contributed by atoms with Gasteiger partial charge in [0.1, 0.15) is 11.6 Å². The Bertz CT molecular complexity index is 706. The maximum atomic E-state index is 6.13. The predicted octanol–water partition coefficient (Wildman–Crippen LogP) is 2.73. The standard InChI is InChI=1S/C16H18BrN3O3/c17-11-7-14-15(20-8-11)13(1-4-18-14)19-9-12-10-22-16(23-12)2-5-21-6-3-16/h1,4,7-8,12H,2-3,5-6,9-10H2,(H,18,19)/t12-/m1/s1. The molecule has 2 saturated heterocycles. The molecule has 2 aromatic rings. The molecule has 4 rings (SSSR count). The number of ether oxygens (including phenoxy) is 3. The molecular formula is C16H18BrN3O3. The molecule has 0 unspecified atom stereocenters. The van der Waals surface area contributed by atoms with Gasteiger partial charge in [-0.1, -0.05) is 0 Å². The Labute approximate surface area is 142 Å². The molecule has 1 N–H and O–H groups in total. The smallest absolute Gasteiger partial charge is 0.173 e. The summed E-state index contributed by atoms with van der Waals surface area (Å²) in [4.78, 5) is 8.80. The van der Waals surface area contributed by atoms with Gasteiger partial charge in [0.05, 0.1) is 31.0 Å². The van der Waals surface area contributed by atoms with Gasteiger partial charge >= 0.3 is 0 Å². The minimum absolute atomic E-state index is 0.0340. The van der Waals surface area contributed by atoms with E-state index in [2.05, 4.69) is 31.2 Å². The van der Waals surface area contributed by atoms with Gasteiger partial charge in [-0.25, -0.2) is 0 Å². The van der Waals surface area contributed by atoms with E-state index in [0.29, 0.717) is 26.4 Å². The van der Waals surface area contributed by atoms with Gasteiger partial charge in [-0.2, -0.15) is 0 Å². The number of aromatic nitrogens is 2. The van der Waals surface area contributed by atoms with Crippen molar-refractivity contribution in [2.24, 2.45) is 0 Å². The van der Waals surface area contributed by atoms with E-state index in [0.717, 1.165) is 34.0 Å². The lowest BCUT2D eigenvalue weighted by Crippen LogP contribution is -2.38. The van der Waals surface area contributed by atoms with Crippen molar-refractivity contribution in [3.8, 4) is 0 Å². The molecule has 1 spiro atoms. The summed E-state index contributed by atoms with van der Waals surface area (Å²) in [5.74, 6) is -0.436. The molecule has 0 saturated carbocycles. The van der Waals surface area contributed by atoms with Crippen molar-refractivity contribution in [3.63, 3.8) is 0 Å². The van der Waals surface area contributed by atoms with E-state index in [1.807, 2.05) is 12.1 Å². The molecule has 0 amide bonds. The number of halogens is 1. The molecule has 2 aromatic heterocycles. The highest BCUT2D eigenvalue weighted by atomic mass is 79.9. The van der Waals surface area contributed by atoms with Gasteiger partial charge in [-0.15, -0.1) is 0 Å². The first-order chi connectivity index (χ1) is 11.2. The number of nitrogens with one attached hydrogen (secondary N) is 1. The fraction of sp³-hybridized carbons (Fsp3) is 0.500. The third kappa shape index (κ3) is 3.19. The van der Waals surface area contributed by atoms with Crippen LogP contribution in [0.2, 0.25) is 0 Å². The molecule has 0 aromatic carbocycles. The molecule has 6 nitrogen and oxygen atoms in total. The Kier molecular flexibility index (Phi) is 4.19. The molecular weight excluding hydrogens is 362 g/mol. The first-order valence-corrected chi connectivity index (χ1v) is 8.57. The van der Waals surface area contributed by atoms with E-state index in [4.69, 9.17) is 14.2 Å². The molecule has 0 bridgehead atoms. The Hall–Kier alpha value is -1.28. The summed E-state index contributed by atoms with van der Waals surface area (Å²) in [6.45, 7) is 2.69. The maximum Gasteiger partial charge on any atom is 0.173 e. The van der Waals surface area contributed by atoms with Crippen LogP contribution in [0.1, 0.15) is 12.8 Å². The SMILES string of the molecule is Brc1cnc2c(NC[C@@H]3COC4(CCOCC4)O3)ccnc2c1. The van der Waals surface area contributed by atoms with Crippen LogP contribution in [0.5, 0.6) is 0 Å². The van der Waals surface area contributed by atoms with E-state index in [9.17, 15) is 0 Å². The van der Waals surface area contributed by atoms with Crippen molar-refractivity contribution < 1.29 is 14.2 Å². The predicted molar refractivity (Wildman–Crippen MR) is 89.3 cm³/mol. The fourth-order valence-corrected chi connectivity index (χ4v) is 3.35. The minimum atomic E-state index is -0.436. The zero-order valence-electron chi connectivity index (χ0n) is 12.6. The first kappa shape index (κ1) is 15.3. The van der Waals surface area contributed by atoms with Crippen LogP contribution in [0.25, 0.3) is 11.0 Å². The van der Waals surface area contributed by atoms with E-state index in [1.165, 1.54) is 0 Å². The Morgan fingerprint density at radius 1 is 1.30 bits per heavy atom. The summed E-state index contributed by atoms with van der Waals surface area (Å²) < 4.78 is 18.3. The number of nitrogens with zero attached hydrogens (tertiary/aromatic N) is 2. The lowest BCUT2D eigenvalue weighted by Gasteiger charge is -2.31. The molecule has 4 heterocycles. The molecule has 0 radical (unpaired) electrons. The van der Waals surface area contributed by atoms with Crippen LogP contribution in [-0.2, 0) is 14.2 Å². The summed E-state index contributed by atoms with van der Waals surface area (Å²) >= 11 is 3.42. The van der Waals surface area contributed by atoms with E-state index < -0.39 is 5.79 Å². The quantitative estimate of drug-likeness (QED) is 0.884. The number of fused-ring (bicyclic) bond motifs is 1. The second-order valence-electron chi connectivity index (χ2n) is 5.83. The maximum absolute atomic E-state index is 6.13. The van der Waals surface area contributed by atoms with Crippen LogP contribution in [-0.4, -0.2) is 48.2 Å². The van der Waals surface area contributed by atoms with Gasteiger partial charge < -0.3 is 19.5 Å². The lowest BCUT2D eigenvalue weighted by atomic mass is 10.1. The highest BCUT2D eigenvalue weighted by Crippen LogP contribution is 2.33. The van der Waals surface area contributed by atoms with Crippen molar-refractivity contribution in [1.82, 2.24) is 9.97 Å². The fourth-order valence-electron chi connectivity index (χ4n) is 3.03. The average molecular weight is 380 g/mol. The van der Waals surface area contributed by atoms with Gasteiger partial charge in [0.25, 0.3) is 0 Å². The van der Waals surface area contributed by atoms with Crippen molar-refractivity contribution in [2.75, 3.05) is 31.7 Å². The van der Waals surface area contributed by atoms with Gasteiger partial charge in [-0.05, 0) is 28.1 Å². The van der Waals surface area contributed by atoms with E-state index in [1.54, 1.807) is 12.4 Å². The van der Waals surface area contributed by atoms with Gasteiger partial charge in [0.2, 0.25) is 0 Å². The van der Waals surface area contributed by atoms with E-state index in [-0.39, 0.29) is 6.10 Å². The van der Waals surface area contributed by atoms with Crippen LogP contribution in [0.4, 0.5) is 5.69 Å². The Balaban J connectivity index is 1.44. The average Bonchev–Trinajstić information content (AvgIpc) is 2.95. The molecule has 1 atom stereocenters. The van der Waals surface area contributed by atoms with Crippen LogP contribution in [0.15, 0.2) is 29.0 Å².